The van der Waals surface area contributed by atoms with Crippen LogP contribution in [0.2, 0.25) is 0 Å². The van der Waals surface area contributed by atoms with Gasteiger partial charge in [0.2, 0.25) is 0 Å². The largest absolute Gasteiger partial charge is 0.328 e. The number of nitrogens with two attached hydrogens (primary N) is 1. The molecule has 0 aromatic heterocycles. The van der Waals surface area contributed by atoms with E-state index in [9.17, 15) is 0 Å². The minimum absolute atomic E-state index is 0.471. The summed E-state index contributed by atoms with van der Waals surface area (Å²) in [5.41, 5.74) is 10.3. The predicted molar refractivity (Wildman–Crippen MR) is 69.7 cm³/mol. The molecule has 16 heavy (non-hydrogen) atoms. The van der Waals surface area contributed by atoms with Crippen LogP contribution in [0.1, 0.15) is 49.3 Å². The Balaban J connectivity index is 2.09. The number of aryl methyl sites for hydroxylation is 1. The molecule has 1 aromatic carbocycles. The lowest BCUT2D eigenvalue weighted by Crippen LogP contribution is -2.37. The van der Waals surface area contributed by atoms with Gasteiger partial charge in [-0.3, -0.25) is 0 Å². The number of rotatable bonds is 3. The highest BCUT2D eigenvalue weighted by Gasteiger charge is 2.26. The first-order chi connectivity index (χ1) is 7.56. The number of hydrogen-bond acceptors (Lipinski definition) is 1. The van der Waals surface area contributed by atoms with E-state index in [0.29, 0.717) is 12.0 Å². The minimum atomic E-state index is 0.471. The molecule has 1 aliphatic carbocycles. The molecule has 0 spiro atoms. The first-order valence-corrected chi connectivity index (χ1v) is 6.41. The van der Waals surface area contributed by atoms with Crippen molar-refractivity contribution in [3.8, 4) is 0 Å². The summed E-state index contributed by atoms with van der Waals surface area (Å²) in [5, 5.41) is 0. The van der Waals surface area contributed by atoms with Crippen LogP contribution in [-0.2, 0) is 6.42 Å². The van der Waals surface area contributed by atoms with Crippen molar-refractivity contribution in [3.63, 3.8) is 0 Å². The van der Waals surface area contributed by atoms with Crippen LogP contribution in [0.5, 0.6) is 0 Å². The zero-order valence-electron chi connectivity index (χ0n) is 10.7. The zero-order chi connectivity index (χ0) is 11.7. The molecule has 1 aliphatic rings. The van der Waals surface area contributed by atoms with Gasteiger partial charge in [0.1, 0.15) is 0 Å². The summed E-state index contributed by atoms with van der Waals surface area (Å²) in [6.07, 6.45) is 3.65. The Bertz CT molecular complexity index is 362. The third kappa shape index (κ3) is 2.46. The molecule has 1 saturated carbocycles. The van der Waals surface area contributed by atoms with Crippen LogP contribution >= 0.6 is 0 Å². The lowest BCUT2D eigenvalue weighted by atomic mass is 9.76. The van der Waals surface area contributed by atoms with E-state index in [2.05, 4.69) is 39.0 Å². The summed E-state index contributed by atoms with van der Waals surface area (Å²) in [6.45, 7) is 6.74. The fourth-order valence-corrected chi connectivity index (χ4v) is 2.54. The van der Waals surface area contributed by atoms with Gasteiger partial charge in [-0.15, -0.1) is 0 Å². The summed E-state index contributed by atoms with van der Waals surface area (Å²) in [5.74, 6) is 1.46. The first kappa shape index (κ1) is 11.7. The van der Waals surface area contributed by atoms with Crippen molar-refractivity contribution >= 4 is 0 Å². The molecule has 0 heterocycles. The van der Waals surface area contributed by atoms with E-state index in [4.69, 9.17) is 5.73 Å². The van der Waals surface area contributed by atoms with Gasteiger partial charge in [0, 0.05) is 6.04 Å². The van der Waals surface area contributed by atoms with E-state index in [-0.39, 0.29) is 0 Å². The van der Waals surface area contributed by atoms with E-state index in [1.54, 1.807) is 0 Å². The molecule has 0 aliphatic heterocycles. The Morgan fingerprint density at radius 2 is 2.00 bits per heavy atom. The average Bonchev–Trinajstić information content (AvgIpc) is 2.18. The van der Waals surface area contributed by atoms with Gasteiger partial charge in [0.15, 0.2) is 0 Å². The minimum Gasteiger partial charge on any atom is -0.328 e. The van der Waals surface area contributed by atoms with Crippen molar-refractivity contribution in [2.45, 2.75) is 52.0 Å². The Kier molecular flexibility index (Phi) is 3.34. The average molecular weight is 217 g/mol. The Morgan fingerprint density at radius 1 is 1.31 bits per heavy atom. The van der Waals surface area contributed by atoms with E-state index in [1.165, 1.54) is 36.0 Å². The monoisotopic (exact) mass is 217 g/mol. The van der Waals surface area contributed by atoms with E-state index in [1.807, 2.05) is 0 Å². The van der Waals surface area contributed by atoms with Crippen LogP contribution in [0.25, 0.3) is 0 Å². The second-order valence-electron chi connectivity index (χ2n) is 5.64. The topological polar surface area (TPSA) is 26.0 Å². The van der Waals surface area contributed by atoms with Crippen LogP contribution in [-0.4, -0.2) is 6.04 Å². The molecule has 0 atom stereocenters. The highest BCUT2D eigenvalue weighted by molar-refractivity contribution is 5.33. The molecule has 0 radical (unpaired) electrons. The van der Waals surface area contributed by atoms with Gasteiger partial charge in [-0.05, 0) is 54.7 Å². The molecule has 1 fully saturated rings. The van der Waals surface area contributed by atoms with Crippen molar-refractivity contribution in [2.75, 3.05) is 0 Å². The van der Waals surface area contributed by atoms with Crippen LogP contribution < -0.4 is 5.73 Å². The highest BCUT2D eigenvalue weighted by atomic mass is 14.7. The van der Waals surface area contributed by atoms with E-state index >= 15 is 0 Å². The summed E-state index contributed by atoms with van der Waals surface area (Å²) >= 11 is 0. The highest BCUT2D eigenvalue weighted by Crippen LogP contribution is 2.31. The van der Waals surface area contributed by atoms with Crippen LogP contribution in [0.15, 0.2) is 18.2 Å². The van der Waals surface area contributed by atoms with Crippen molar-refractivity contribution < 1.29 is 0 Å². The van der Waals surface area contributed by atoms with Gasteiger partial charge in [-0.1, -0.05) is 32.0 Å². The van der Waals surface area contributed by atoms with Crippen molar-refractivity contribution in [2.24, 2.45) is 11.7 Å². The molecular formula is C15H23N. The second kappa shape index (κ2) is 4.58. The summed E-state index contributed by atoms with van der Waals surface area (Å²) in [4.78, 5) is 0. The molecule has 0 amide bonds. The molecule has 0 saturated heterocycles. The lowest BCUT2D eigenvalue weighted by molar-refractivity contribution is 0.264. The van der Waals surface area contributed by atoms with Crippen molar-refractivity contribution in [1.82, 2.24) is 0 Å². The molecule has 88 valence electrons. The Labute approximate surface area is 99.0 Å². The first-order valence-electron chi connectivity index (χ1n) is 6.41. The fourth-order valence-electron chi connectivity index (χ4n) is 2.54. The summed E-state index contributed by atoms with van der Waals surface area (Å²) < 4.78 is 0. The van der Waals surface area contributed by atoms with Crippen molar-refractivity contribution in [3.05, 3.63) is 34.9 Å². The summed E-state index contributed by atoms with van der Waals surface area (Å²) in [6, 6.07) is 7.39. The lowest BCUT2D eigenvalue weighted by Gasteiger charge is -2.33. The molecule has 2 N–H and O–H groups in total. The third-order valence-corrected chi connectivity index (χ3v) is 3.82. The molecule has 1 heteroatoms. The van der Waals surface area contributed by atoms with Gasteiger partial charge >= 0.3 is 0 Å². The molecule has 1 nitrogen and oxygen atoms in total. The Hall–Kier alpha value is -0.820. The number of benzene rings is 1. The molecular weight excluding hydrogens is 194 g/mol. The standard InChI is InChI=1S/C15H23N/c1-10(2)13-5-4-11(3)14(9-13)6-12-7-15(16)8-12/h4-5,9-10,12,15H,6-8,16H2,1-3H3. The fraction of sp³-hybridized carbons (Fsp3) is 0.600. The quantitative estimate of drug-likeness (QED) is 0.825. The van der Waals surface area contributed by atoms with Gasteiger partial charge in [0.25, 0.3) is 0 Å². The van der Waals surface area contributed by atoms with Gasteiger partial charge < -0.3 is 5.73 Å². The smallest absolute Gasteiger partial charge is 0.00443 e. The third-order valence-electron chi connectivity index (χ3n) is 3.82. The molecule has 0 unspecified atom stereocenters. The van der Waals surface area contributed by atoms with Gasteiger partial charge in [-0.25, -0.2) is 0 Å². The van der Waals surface area contributed by atoms with Gasteiger partial charge in [-0.2, -0.15) is 0 Å². The van der Waals surface area contributed by atoms with Crippen LogP contribution in [0.3, 0.4) is 0 Å². The normalized spacial score (nSPS) is 24.6. The number of hydrogen-bond donors (Lipinski definition) is 1. The van der Waals surface area contributed by atoms with E-state index in [0.717, 1.165) is 5.92 Å². The maximum Gasteiger partial charge on any atom is 0.00443 e. The molecule has 1 aromatic rings. The van der Waals surface area contributed by atoms with Crippen LogP contribution in [0, 0.1) is 12.8 Å². The van der Waals surface area contributed by atoms with Gasteiger partial charge in [0.05, 0.1) is 0 Å². The summed E-state index contributed by atoms with van der Waals surface area (Å²) in [7, 11) is 0. The Morgan fingerprint density at radius 3 is 2.56 bits per heavy atom. The SMILES string of the molecule is Cc1ccc(C(C)C)cc1CC1CC(N)C1. The van der Waals surface area contributed by atoms with Crippen LogP contribution in [0.4, 0.5) is 0 Å². The maximum atomic E-state index is 5.84. The maximum absolute atomic E-state index is 5.84. The second-order valence-corrected chi connectivity index (χ2v) is 5.64. The molecule has 0 bridgehead atoms. The molecule has 2 rings (SSSR count). The van der Waals surface area contributed by atoms with Crippen molar-refractivity contribution in [1.29, 1.82) is 0 Å². The van der Waals surface area contributed by atoms with E-state index < -0.39 is 0 Å². The zero-order valence-corrected chi connectivity index (χ0v) is 10.7. The predicted octanol–water partition coefficient (Wildman–Crippen LogP) is 3.40.